The molecular weight excluding hydrogens is 432 g/mol. The fraction of sp³-hybridized carbons (Fsp3) is 0.760. The van der Waals surface area contributed by atoms with Crippen molar-refractivity contribution < 1.29 is 14.4 Å². The van der Waals surface area contributed by atoms with E-state index in [2.05, 4.69) is 15.3 Å². The van der Waals surface area contributed by atoms with Gasteiger partial charge in [-0.05, 0) is 45.2 Å². The molecule has 9 heteroatoms. The van der Waals surface area contributed by atoms with E-state index in [0.29, 0.717) is 31.7 Å². The van der Waals surface area contributed by atoms with Crippen molar-refractivity contribution in [2.45, 2.75) is 70.8 Å². The lowest BCUT2D eigenvalue weighted by molar-refractivity contribution is -0.134. The van der Waals surface area contributed by atoms with Crippen molar-refractivity contribution in [2.75, 3.05) is 45.8 Å². The van der Waals surface area contributed by atoms with Crippen LogP contribution in [0.3, 0.4) is 0 Å². The van der Waals surface area contributed by atoms with Crippen molar-refractivity contribution in [3.63, 3.8) is 0 Å². The summed E-state index contributed by atoms with van der Waals surface area (Å²) in [6.07, 6.45) is 9.39. The standard InChI is InChI=1S/C25H40N6O3/c1-28-21-11-17-31(19-20(21)24(27-28)25(34)30-15-7-4-8-16-30)23(33)10-9-22(32)26-12-18-29-13-5-2-3-6-14-29/h2-19H2,1H3,(H,26,32). The number of nitrogens with one attached hydrogen (secondary N) is 1. The fourth-order valence-corrected chi connectivity index (χ4v) is 5.40. The van der Waals surface area contributed by atoms with Crippen LogP contribution in [0, 0.1) is 0 Å². The Morgan fingerprint density at radius 3 is 2.26 bits per heavy atom. The van der Waals surface area contributed by atoms with Gasteiger partial charge in [-0.2, -0.15) is 5.10 Å². The van der Waals surface area contributed by atoms with Crippen LogP contribution in [-0.2, 0) is 29.6 Å². The second-order valence-corrected chi connectivity index (χ2v) is 9.92. The lowest BCUT2D eigenvalue weighted by Gasteiger charge is -2.29. The van der Waals surface area contributed by atoms with Crippen molar-refractivity contribution in [1.29, 1.82) is 0 Å². The van der Waals surface area contributed by atoms with Gasteiger partial charge in [-0.3, -0.25) is 19.1 Å². The Bertz CT molecular complexity index is 868. The Morgan fingerprint density at radius 2 is 1.53 bits per heavy atom. The maximum absolute atomic E-state index is 13.1. The summed E-state index contributed by atoms with van der Waals surface area (Å²) in [5, 5.41) is 7.51. The second-order valence-electron chi connectivity index (χ2n) is 9.92. The van der Waals surface area contributed by atoms with E-state index in [9.17, 15) is 14.4 Å². The fourth-order valence-electron chi connectivity index (χ4n) is 5.40. The molecule has 188 valence electrons. The molecule has 2 fully saturated rings. The molecule has 0 atom stereocenters. The molecule has 1 aromatic rings. The molecule has 9 nitrogen and oxygen atoms in total. The zero-order chi connectivity index (χ0) is 23.9. The van der Waals surface area contributed by atoms with Crippen LogP contribution in [0.4, 0.5) is 0 Å². The minimum Gasteiger partial charge on any atom is -0.355 e. The Kier molecular flexibility index (Phi) is 8.59. The van der Waals surface area contributed by atoms with Crippen LogP contribution in [0.1, 0.15) is 79.5 Å². The Morgan fingerprint density at radius 1 is 0.853 bits per heavy atom. The number of carbonyl (C=O) groups is 3. The summed E-state index contributed by atoms with van der Waals surface area (Å²) in [7, 11) is 1.87. The van der Waals surface area contributed by atoms with Crippen LogP contribution in [0.2, 0.25) is 0 Å². The molecule has 4 heterocycles. The van der Waals surface area contributed by atoms with Crippen LogP contribution in [-0.4, -0.2) is 88.0 Å². The number of rotatable bonds is 7. The predicted molar refractivity (Wildman–Crippen MR) is 129 cm³/mol. The van der Waals surface area contributed by atoms with Crippen LogP contribution < -0.4 is 5.32 Å². The van der Waals surface area contributed by atoms with Gasteiger partial charge in [-0.1, -0.05) is 12.8 Å². The lowest BCUT2D eigenvalue weighted by atomic mass is 10.0. The summed E-state index contributed by atoms with van der Waals surface area (Å²) in [6.45, 7) is 6.29. The van der Waals surface area contributed by atoms with Crippen LogP contribution in [0.5, 0.6) is 0 Å². The van der Waals surface area contributed by atoms with E-state index in [1.54, 1.807) is 9.58 Å². The van der Waals surface area contributed by atoms with Crippen molar-refractivity contribution in [2.24, 2.45) is 7.05 Å². The summed E-state index contributed by atoms with van der Waals surface area (Å²) < 4.78 is 1.80. The molecule has 0 bridgehead atoms. The van der Waals surface area contributed by atoms with Crippen LogP contribution >= 0.6 is 0 Å². The van der Waals surface area contributed by atoms with E-state index < -0.39 is 0 Å². The Labute approximate surface area is 202 Å². The smallest absolute Gasteiger partial charge is 0.274 e. The third-order valence-corrected chi connectivity index (χ3v) is 7.46. The first-order valence-corrected chi connectivity index (χ1v) is 13.1. The van der Waals surface area contributed by atoms with Crippen LogP contribution in [0.15, 0.2) is 0 Å². The molecule has 3 aliphatic heterocycles. The molecule has 0 saturated carbocycles. The number of amides is 3. The second kappa shape index (κ2) is 11.8. The van der Waals surface area contributed by atoms with E-state index in [-0.39, 0.29) is 30.6 Å². The quantitative estimate of drug-likeness (QED) is 0.652. The number of hydrogen-bond donors (Lipinski definition) is 1. The SMILES string of the molecule is Cn1nc(C(=O)N2CCCCC2)c2c1CCN(C(=O)CCC(=O)NCCN1CCCCCC1)C2. The van der Waals surface area contributed by atoms with Gasteiger partial charge in [-0.15, -0.1) is 0 Å². The van der Waals surface area contributed by atoms with Gasteiger partial charge in [0.2, 0.25) is 11.8 Å². The number of fused-ring (bicyclic) bond motifs is 1. The lowest BCUT2D eigenvalue weighted by Crippen LogP contribution is -2.39. The number of piperidine rings is 1. The van der Waals surface area contributed by atoms with Gasteiger partial charge in [0.15, 0.2) is 5.69 Å². The number of aryl methyl sites for hydroxylation is 1. The average Bonchev–Trinajstić information content (AvgIpc) is 3.01. The van der Waals surface area contributed by atoms with Crippen molar-refractivity contribution >= 4 is 17.7 Å². The largest absolute Gasteiger partial charge is 0.355 e. The highest BCUT2D eigenvalue weighted by atomic mass is 16.2. The molecule has 34 heavy (non-hydrogen) atoms. The van der Waals surface area contributed by atoms with Crippen LogP contribution in [0.25, 0.3) is 0 Å². The molecule has 3 amide bonds. The molecule has 0 aromatic carbocycles. The molecule has 0 spiro atoms. The van der Waals surface area contributed by atoms with Crippen molar-refractivity contribution in [3.8, 4) is 0 Å². The van der Waals surface area contributed by atoms with Crippen molar-refractivity contribution in [3.05, 3.63) is 17.0 Å². The first kappa shape index (κ1) is 24.7. The van der Waals surface area contributed by atoms with Crippen molar-refractivity contribution in [1.82, 2.24) is 29.8 Å². The highest BCUT2D eigenvalue weighted by molar-refractivity contribution is 5.94. The molecule has 1 aromatic heterocycles. The summed E-state index contributed by atoms with van der Waals surface area (Å²) >= 11 is 0. The minimum absolute atomic E-state index is 0.0189. The molecule has 0 radical (unpaired) electrons. The zero-order valence-electron chi connectivity index (χ0n) is 20.7. The normalized spacial score (nSPS) is 19.4. The molecular formula is C25H40N6O3. The maximum atomic E-state index is 13.1. The number of hydrogen-bond acceptors (Lipinski definition) is 5. The average molecular weight is 473 g/mol. The van der Waals surface area contributed by atoms with E-state index in [1.807, 2.05) is 11.9 Å². The van der Waals surface area contributed by atoms with E-state index in [1.165, 1.54) is 25.7 Å². The number of likely N-dealkylation sites (tertiary alicyclic amines) is 2. The number of nitrogens with zero attached hydrogens (tertiary/aromatic N) is 5. The Balaban J connectivity index is 1.25. The van der Waals surface area contributed by atoms with E-state index in [4.69, 9.17) is 0 Å². The van der Waals surface area contributed by atoms with E-state index >= 15 is 0 Å². The summed E-state index contributed by atoms with van der Waals surface area (Å²) in [6, 6.07) is 0. The molecule has 1 N–H and O–H groups in total. The minimum atomic E-state index is -0.0665. The van der Waals surface area contributed by atoms with Gasteiger partial charge in [0.25, 0.3) is 5.91 Å². The highest BCUT2D eigenvalue weighted by Crippen LogP contribution is 2.25. The first-order chi connectivity index (χ1) is 16.5. The van der Waals surface area contributed by atoms with E-state index in [0.717, 1.165) is 63.2 Å². The molecule has 0 aliphatic carbocycles. The Hall–Kier alpha value is -2.42. The third kappa shape index (κ3) is 6.17. The first-order valence-electron chi connectivity index (χ1n) is 13.1. The predicted octanol–water partition coefficient (Wildman–Crippen LogP) is 1.70. The van der Waals surface area contributed by atoms with Gasteiger partial charge in [-0.25, -0.2) is 0 Å². The zero-order valence-corrected chi connectivity index (χ0v) is 20.7. The third-order valence-electron chi connectivity index (χ3n) is 7.46. The molecule has 3 aliphatic rings. The highest BCUT2D eigenvalue weighted by Gasteiger charge is 2.31. The van der Waals surface area contributed by atoms with Gasteiger partial charge in [0.1, 0.15) is 0 Å². The number of aromatic nitrogens is 2. The summed E-state index contributed by atoms with van der Waals surface area (Å²) in [5.74, 6) is -0.119. The van der Waals surface area contributed by atoms with Gasteiger partial charge in [0, 0.05) is 76.8 Å². The molecule has 2 saturated heterocycles. The van der Waals surface area contributed by atoms with Gasteiger partial charge < -0.3 is 20.0 Å². The number of carbonyl (C=O) groups excluding carboxylic acids is 3. The van der Waals surface area contributed by atoms with Gasteiger partial charge in [0.05, 0.1) is 0 Å². The monoisotopic (exact) mass is 472 g/mol. The van der Waals surface area contributed by atoms with Gasteiger partial charge >= 0.3 is 0 Å². The molecule has 0 unspecified atom stereocenters. The summed E-state index contributed by atoms with van der Waals surface area (Å²) in [5.41, 5.74) is 2.40. The topological polar surface area (TPSA) is 90.8 Å². The maximum Gasteiger partial charge on any atom is 0.274 e. The molecule has 4 rings (SSSR count). The summed E-state index contributed by atoms with van der Waals surface area (Å²) in [4.78, 5) is 44.4.